The Hall–Kier alpha value is -0.860. The van der Waals surface area contributed by atoms with E-state index in [4.69, 9.17) is 0 Å². The molecular weight excluding hydrogens is 178 g/mol. The lowest BCUT2D eigenvalue weighted by Gasteiger charge is -2.20. The fraction of sp³-hybridized carbons (Fsp3) is 0.818. The Morgan fingerprint density at radius 3 is 2.29 bits per heavy atom. The SMILES string of the molecule is CCCNC(=O)CCC(C)(C)C(C)=O. The Bertz CT molecular complexity index is 209. The number of carbonyl (C=O) groups excluding carboxylic acids is 2. The van der Waals surface area contributed by atoms with Crippen LogP contribution in [0.4, 0.5) is 0 Å². The minimum Gasteiger partial charge on any atom is -0.356 e. The molecule has 0 aliphatic rings. The van der Waals surface area contributed by atoms with Crippen LogP contribution in [0.15, 0.2) is 0 Å². The van der Waals surface area contributed by atoms with Gasteiger partial charge < -0.3 is 5.32 Å². The normalized spacial score (nSPS) is 11.1. The molecule has 0 atom stereocenters. The van der Waals surface area contributed by atoms with Gasteiger partial charge in [-0.3, -0.25) is 9.59 Å². The first-order valence-corrected chi connectivity index (χ1v) is 5.18. The summed E-state index contributed by atoms with van der Waals surface area (Å²) in [6.07, 6.45) is 2.01. The summed E-state index contributed by atoms with van der Waals surface area (Å²) in [6.45, 7) is 8.06. The van der Waals surface area contributed by atoms with Crippen LogP contribution in [0, 0.1) is 5.41 Å². The van der Waals surface area contributed by atoms with Crippen molar-refractivity contribution in [2.75, 3.05) is 6.54 Å². The molecule has 0 heterocycles. The molecule has 0 aromatic rings. The predicted molar refractivity (Wildman–Crippen MR) is 57.0 cm³/mol. The van der Waals surface area contributed by atoms with E-state index in [-0.39, 0.29) is 17.1 Å². The Morgan fingerprint density at radius 2 is 1.86 bits per heavy atom. The first-order valence-electron chi connectivity index (χ1n) is 5.18. The second kappa shape index (κ2) is 5.78. The van der Waals surface area contributed by atoms with Gasteiger partial charge in [0.25, 0.3) is 0 Å². The first kappa shape index (κ1) is 13.1. The van der Waals surface area contributed by atoms with E-state index in [1.807, 2.05) is 20.8 Å². The van der Waals surface area contributed by atoms with E-state index in [0.29, 0.717) is 12.8 Å². The van der Waals surface area contributed by atoms with E-state index < -0.39 is 0 Å². The van der Waals surface area contributed by atoms with Gasteiger partial charge in [-0.05, 0) is 19.8 Å². The second-order valence-electron chi connectivity index (χ2n) is 4.29. The standard InChI is InChI=1S/C11H21NO2/c1-5-8-12-10(14)6-7-11(3,4)9(2)13/h5-8H2,1-4H3,(H,12,14). The predicted octanol–water partition coefficient (Wildman–Crippen LogP) is 1.91. The number of amides is 1. The van der Waals surface area contributed by atoms with Gasteiger partial charge in [-0.25, -0.2) is 0 Å². The lowest BCUT2D eigenvalue weighted by atomic mass is 9.84. The summed E-state index contributed by atoms with van der Waals surface area (Å²) in [5.41, 5.74) is -0.371. The molecule has 0 aliphatic heterocycles. The fourth-order valence-electron chi connectivity index (χ4n) is 0.955. The molecule has 0 aromatic heterocycles. The molecule has 1 amide bonds. The summed E-state index contributed by atoms with van der Waals surface area (Å²) < 4.78 is 0. The van der Waals surface area contributed by atoms with Gasteiger partial charge in [0.05, 0.1) is 0 Å². The number of rotatable bonds is 6. The lowest BCUT2D eigenvalue weighted by Crippen LogP contribution is -2.28. The molecule has 3 heteroatoms. The Kier molecular flexibility index (Phi) is 5.43. The molecule has 0 unspecified atom stereocenters. The van der Waals surface area contributed by atoms with Gasteiger partial charge in [-0.15, -0.1) is 0 Å². The third-order valence-corrected chi connectivity index (χ3v) is 2.50. The molecule has 14 heavy (non-hydrogen) atoms. The maximum Gasteiger partial charge on any atom is 0.220 e. The van der Waals surface area contributed by atoms with Crippen molar-refractivity contribution in [3.05, 3.63) is 0 Å². The third kappa shape index (κ3) is 5.00. The smallest absolute Gasteiger partial charge is 0.220 e. The van der Waals surface area contributed by atoms with Crippen molar-refractivity contribution in [2.24, 2.45) is 5.41 Å². The zero-order valence-corrected chi connectivity index (χ0v) is 9.64. The largest absolute Gasteiger partial charge is 0.356 e. The topological polar surface area (TPSA) is 46.2 Å². The highest BCUT2D eigenvalue weighted by Gasteiger charge is 2.23. The second-order valence-corrected chi connectivity index (χ2v) is 4.29. The van der Waals surface area contributed by atoms with Crippen molar-refractivity contribution >= 4 is 11.7 Å². The van der Waals surface area contributed by atoms with E-state index in [1.54, 1.807) is 6.92 Å². The van der Waals surface area contributed by atoms with Gasteiger partial charge >= 0.3 is 0 Å². The Morgan fingerprint density at radius 1 is 1.29 bits per heavy atom. The molecular formula is C11H21NO2. The van der Waals surface area contributed by atoms with Crippen LogP contribution in [0.25, 0.3) is 0 Å². The summed E-state index contributed by atoms with van der Waals surface area (Å²) in [4.78, 5) is 22.4. The van der Waals surface area contributed by atoms with Gasteiger partial charge in [0.2, 0.25) is 5.91 Å². The van der Waals surface area contributed by atoms with Crippen molar-refractivity contribution in [3.63, 3.8) is 0 Å². The first-order chi connectivity index (χ1) is 6.40. The minimum absolute atomic E-state index is 0.0428. The fourth-order valence-corrected chi connectivity index (χ4v) is 0.955. The van der Waals surface area contributed by atoms with Crippen molar-refractivity contribution in [1.82, 2.24) is 5.32 Å². The molecule has 3 nitrogen and oxygen atoms in total. The van der Waals surface area contributed by atoms with Crippen molar-refractivity contribution < 1.29 is 9.59 Å². The van der Waals surface area contributed by atoms with Crippen LogP contribution < -0.4 is 5.32 Å². The maximum absolute atomic E-state index is 11.2. The third-order valence-electron chi connectivity index (χ3n) is 2.50. The van der Waals surface area contributed by atoms with Crippen LogP contribution in [0.2, 0.25) is 0 Å². The molecule has 0 saturated carbocycles. The number of hydrogen-bond donors (Lipinski definition) is 1. The van der Waals surface area contributed by atoms with Gasteiger partial charge in [-0.1, -0.05) is 20.8 Å². The highest BCUT2D eigenvalue weighted by molar-refractivity contribution is 5.82. The molecule has 0 aromatic carbocycles. The van der Waals surface area contributed by atoms with E-state index in [1.165, 1.54) is 0 Å². The lowest BCUT2D eigenvalue weighted by molar-refractivity contribution is -0.126. The van der Waals surface area contributed by atoms with Crippen molar-refractivity contribution in [1.29, 1.82) is 0 Å². The van der Waals surface area contributed by atoms with E-state index >= 15 is 0 Å². The number of hydrogen-bond acceptors (Lipinski definition) is 2. The monoisotopic (exact) mass is 199 g/mol. The van der Waals surface area contributed by atoms with Gasteiger partial charge in [0.1, 0.15) is 5.78 Å². The Labute approximate surface area is 86.3 Å². The molecule has 0 bridgehead atoms. The van der Waals surface area contributed by atoms with Crippen LogP contribution in [-0.4, -0.2) is 18.2 Å². The summed E-state index contributed by atoms with van der Waals surface area (Å²) in [6, 6.07) is 0. The van der Waals surface area contributed by atoms with Gasteiger partial charge in [-0.2, -0.15) is 0 Å². The highest BCUT2D eigenvalue weighted by Crippen LogP contribution is 2.22. The molecule has 1 N–H and O–H groups in total. The maximum atomic E-state index is 11.2. The van der Waals surface area contributed by atoms with Crippen LogP contribution in [0.1, 0.15) is 47.0 Å². The average molecular weight is 199 g/mol. The highest BCUT2D eigenvalue weighted by atomic mass is 16.1. The minimum atomic E-state index is -0.371. The molecule has 0 fully saturated rings. The Balaban J connectivity index is 3.82. The van der Waals surface area contributed by atoms with Gasteiger partial charge in [0.15, 0.2) is 0 Å². The summed E-state index contributed by atoms with van der Waals surface area (Å²) in [5.74, 6) is 0.182. The zero-order valence-electron chi connectivity index (χ0n) is 9.64. The molecule has 0 saturated heterocycles. The number of ketones is 1. The molecule has 0 spiro atoms. The van der Waals surface area contributed by atoms with E-state index in [2.05, 4.69) is 5.32 Å². The number of nitrogens with one attached hydrogen (secondary N) is 1. The summed E-state index contributed by atoms with van der Waals surface area (Å²) in [5, 5.41) is 2.79. The van der Waals surface area contributed by atoms with E-state index in [0.717, 1.165) is 13.0 Å². The van der Waals surface area contributed by atoms with Crippen LogP contribution in [0.3, 0.4) is 0 Å². The molecule has 0 aliphatic carbocycles. The van der Waals surface area contributed by atoms with Crippen LogP contribution in [-0.2, 0) is 9.59 Å². The number of carbonyl (C=O) groups is 2. The van der Waals surface area contributed by atoms with E-state index in [9.17, 15) is 9.59 Å². The average Bonchev–Trinajstić information content (AvgIpc) is 2.11. The molecule has 0 rings (SSSR count). The van der Waals surface area contributed by atoms with Crippen LogP contribution in [0.5, 0.6) is 0 Å². The molecule has 82 valence electrons. The zero-order chi connectivity index (χ0) is 11.2. The quantitative estimate of drug-likeness (QED) is 0.710. The van der Waals surface area contributed by atoms with Crippen molar-refractivity contribution in [2.45, 2.75) is 47.0 Å². The van der Waals surface area contributed by atoms with Gasteiger partial charge in [0, 0.05) is 18.4 Å². The molecule has 0 radical (unpaired) electrons. The van der Waals surface area contributed by atoms with Crippen LogP contribution >= 0.6 is 0 Å². The summed E-state index contributed by atoms with van der Waals surface area (Å²) in [7, 11) is 0. The number of Topliss-reactive ketones (excluding diaryl/α,β-unsaturated/α-hetero) is 1. The summed E-state index contributed by atoms with van der Waals surface area (Å²) >= 11 is 0. The van der Waals surface area contributed by atoms with Crippen molar-refractivity contribution in [3.8, 4) is 0 Å².